The third-order valence-electron chi connectivity index (χ3n) is 4.53. The first-order valence-electron chi connectivity index (χ1n) is 6.92. The summed E-state index contributed by atoms with van der Waals surface area (Å²) in [6.45, 7) is 11.4. The number of carbonyl (C=O) groups excluding carboxylic acids is 1. The summed E-state index contributed by atoms with van der Waals surface area (Å²) >= 11 is 0. The van der Waals surface area contributed by atoms with Crippen molar-refractivity contribution in [2.75, 3.05) is 0 Å². The lowest BCUT2D eigenvalue weighted by atomic mass is 9.65. The molecule has 16 heavy (non-hydrogen) atoms. The molecule has 0 bridgehead atoms. The van der Waals surface area contributed by atoms with Crippen molar-refractivity contribution in [3.8, 4) is 0 Å². The first-order chi connectivity index (χ1) is 7.40. The van der Waals surface area contributed by atoms with E-state index in [-0.39, 0.29) is 0 Å². The number of hydrogen-bond acceptors (Lipinski definition) is 1. The Kier molecular flexibility index (Phi) is 4.58. The molecule has 1 aliphatic carbocycles. The predicted molar refractivity (Wildman–Crippen MR) is 69.4 cm³/mol. The molecule has 94 valence electrons. The second-order valence-corrected chi connectivity index (χ2v) is 6.49. The molecule has 0 saturated heterocycles. The van der Waals surface area contributed by atoms with Crippen LogP contribution in [-0.4, -0.2) is 5.78 Å². The topological polar surface area (TPSA) is 17.1 Å². The molecule has 0 aromatic rings. The fraction of sp³-hybridized carbons (Fsp3) is 0.933. The van der Waals surface area contributed by atoms with Gasteiger partial charge in [-0.2, -0.15) is 0 Å². The van der Waals surface area contributed by atoms with Gasteiger partial charge in [-0.3, -0.25) is 4.79 Å². The fourth-order valence-electron chi connectivity index (χ4n) is 3.16. The van der Waals surface area contributed by atoms with Crippen LogP contribution in [0.25, 0.3) is 0 Å². The van der Waals surface area contributed by atoms with Crippen molar-refractivity contribution in [3.05, 3.63) is 0 Å². The van der Waals surface area contributed by atoms with Gasteiger partial charge in [-0.1, -0.05) is 47.5 Å². The Bertz CT molecular complexity index is 232. The van der Waals surface area contributed by atoms with Crippen LogP contribution in [0.1, 0.15) is 66.7 Å². The standard InChI is InChI=1S/C15H28O/c1-6-11(7-2)13-10-12(15(3,4)5)8-9-14(13)16/h11-13H,6-10H2,1-5H3. The molecular formula is C15H28O. The molecule has 1 fully saturated rings. The summed E-state index contributed by atoms with van der Waals surface area (Å²) in [5.74, 6) is 2.25. The Morgan fingerprint density at radius 3 is 2.25 bits per heavy atom. The fourth-order valence-corrected chi connectivity index (χ4v) is 3.16. The molecular weight excluding hydrogens is 196 g/mol. The lowest BCUT2D eigenvalue weighted by Gasteiger charge is -2.39. The number of rotatable bonds is 3. The smallest absolute Gasteiger partial charge is 0.136 e. The molecule has 1 aliphatic rings. The average molecular weight is 224 g/mol. The van der Waals surface area contributed by atoms with Crippen molar-refractivity contribution in [2.45, 2.75) is 66.7 Å². The van der Waals surface area contributed by atoms with Crippen LogP contribution in [0, 0.1) is 23.2 Å². The van der Waals surface area contributed by atoms with Crippen LogP contribution in [0.4, 0.5) is 0 Å². The lowest BCUT2D eigenvalue weighted by molar-refractivity contribution is -0.128. The third-order valence-corrected chi connectivity index (χ3v) is 4.53. The van der Waals surface area contributed by atoms with Crippen LogP contribution in [0.2, 0.25) is 0 Å². The first kappa shape index (κ1) is 13.7. The highest BCUT2D eigenvalue weighted by molar-refractivity contribution is 5.82. The van der Waals surface area contributed by atoms with Gasteiger partial charge in [0.05, 0.1) is 0 Å². The zero-order valence-corrected chi connectivity index (χ0v) is 11.7. The van der Waals surface area contributed by atoms with Crippen molar-refractivity contribution in [1.82, 2.24) is 0 Å². The summed E-state index contributed by atoms with van der Waals surface area (Å²) in [6.07, 6.45) is 5.38. The van der Waals surface area contributed by atoms with Gasteiger partial charge >= 0.3 is 0 Å². The number of carbonyl (C=O) groups is 1. The Hall–Kier alpha value is -0.330. The van der Waals surface area contributed by atoms with Gasteiger partial charge in [0.1, 0.15) is 5.78 Å². The molecule has 0 aliphatic heterocycles. The van der Waals surface area contributed by atoms with Crippen LogP contribution < -0.4 is 0 Å². The van der Waals surface area contributed by atoms with Gasteiger partial charge in [0, 0.05) is 12.3 Å². The Balaban J connectivity index is 2.72. The SMILES string of the molecule is CCC(CC)C1CC(C(C)(C)C)CCC1=O. The van der Waals surface area contributed by atoms with E-state index in [4.69, 9.17) is 0 Å². The molecule has 0 aromatic heterocycles. The van der Waals surface area contributed by atoms with E-state index in [9.17, 15) is 4.79 Å². The summed E-state index contributed by atoms with van der Waals surface area (Å²) in [5, 5.41) is 0. The molecule has 0 N–H and O–H groups in total. The van der Waals surface area contributed by atoms with E-state index in [1.54, 1.807) is 0 Å². The Labute approximate surface area is 101 Å². The van der Waals surface area contributed by atoms with Crippen LogP contribution in [0.15, 0.2) is 0 Å². The molecule has 0 spiro atoms. The van der Waals surface area contributed by atoms with Crippen molar-refractivity contribution < 1.29 is 4.79 Å². The zero-order chi connectivity index (χ0) is 12.3. The van der Waals surface area contributed by atoms with Gasteiger partial charge in [-0.15, -0.1) is 0 Å². The van der Waals surface area contributed by atoms with Gasteiger partial charge < -0.3 is 0 Å². The van der Waals surface area contributed by atoms with Gasteiger partial charge in [0.2, 0.25) is 0 Å². The molecule has 2 unspecified atom stereocenters. The molecule has 2 atom stereocenters. The van der Waals surface area contributed by atoms with Crippen molar-refractivity contribution in [3.63, 3.8) is 0 Å². The van der Waals surface area contributed by atoms with Gasteiger partial charge in [-0.25, -0.2) is 0 Å². The summed E-state index contributed by atoms with van der Waals surface area (Å²) in [5.41, 5.74) is 0.366. The second kappa shape index (κ2) is 5.33. The minimum Gasteiger partial charge on any atom is -0.299 e. The second-order valence-electron chi connectivity index (χ2n) is 6.49. The largest absolute Gasteiger partial charge is 0.299 e. The van der Waals surface area contributed by atoms with Crippen molar-refractivity contribution in [1.29, 1.82) is 0 Å². The summed E-state index contributed by atoms with van der Waals surface area (Å²) in [4.78, 5) is 12.0. The maximum Gasteiger partial charge on any atom is 0.136 e. The number of ketones is 1. The maximum absolute atomic E-state index is 12.0. The first-order valence-corrected chi connectivity index (χ1v) is 6.92. The highest BCUT2D eigenvalue weighted by atomic mass is 16.1. The molecule has 1 saturated carbocycles. The summed E-state index contributed by atoms with van der Waals surface area (Å²) in [7, 11) is 0. The molecule has 0 radical (unpaired) electrons. The van der Waals surface area contributed by atoms with E-state index in [2.05, 4.69) is 34.6 Å². The Morgan fingerprint density at radius 2 is 1.81 bits per heavy atom. The molecule has 1 nitrogen and oxygen atoms in total. The Morgan fingerprint density at radius 1 is 1.25 bits per heavy atom. The highest BCUT2D eigenvalue weighted by Gasteiger charge is 2.37. The minimum absolute atomic E-state index is 0.355. The van der Waals surface area contributed by atoms with Crippen LogP contribution >= 0.6 is 0 Å². The molecule has 0 heterocycles. The monoisotopic (exact) mass is 224 g/mol. The molecule has 0 aromatic carbocycles. The number of Topliss-reactive ketones (excluding diaryl/α,β-unsaturated/α-hetero) is 1. The van der Waals surface area contributed by atoms with Crippen molar-refractivity contribution >= 4 is 5.78 Å². The third kappa shape index (κ3) is 3.09. The van der Waals surface area contributed by atoms with Gasteiger partial charge in [0.15, 0.2) is 0 Å². The maximum atomic E-state index is 12.0. The minimum atomic E-state index is 0.355. The van der Waals surface area contributed by atoms with Gasteiger partial charge in [-0.05, 0) is 30.1 Å². The molecule has 0 amide bonds. The van der Waals surface area contributed by atoms with Crippen molar-refractivity contribution in [2.24, 2.45) is 23.2 Å². The van der Waals surface area contributed by atoms with E-state index in [1.807, 2.05) is 0 Å². The van der Waals surface area contributed by atoms with Gasteiger partial charge in [0.25, 0.3) is 0 Å². The predicted octanol–water partition coefficient (Wildman–Crippen LogP) is 4.45. The summed E-state index contributed by atoms with van der Waals surface area (Å²) in [6, 6.07) is 0. The van der Waals surface area contributed by atoms with E-state index >= 15 is 0 Å². The normalized spacial score (nSPS) is 27.5. The highest BCUT2D eigenvalue weighted by Crippen LogP contribution is 2.42. The average Bonchev–Trinajstić information content (AvgIpc) is 2.20. The number of hydrogen-bond donors (Lipinski definition) is 0. The zero-order valence-electron chi connectivity index (χ0n) is 11.7. The van der Waals surface area contributed by atoms with Crippen LogP contribution in [0.3, 0.4) is 0 Å². The quantitative estimate of drug-likeness (QED) is 0.692. The lowest BCUT2D eigenvalue weighted by Crippen LogP contribution is -2.35. The van der Waals surface area contributed by atoms with E-state index < -0.39 is 0 Å². The van der Waals surface area contributed by atoms with E-state index in [0.717, 1.165) is 38.0 Å². The van der Waals surface area contributed by atoms with Crippen LogP contribution in [-0.2, 0) is 4.79 Å². The van der Waals surface area contributed by atoms with E-state index in [0.29, 0.717) is 23.0 Å². The summed E-state index contributed by atoms with van der Waals surface area (Å²) < 4.78 is 0. The van der Waals surface area contributed by atoms with Crippen LogP contribution in [0.5, 0.6) is 0 Å². The molecule has 1 rings (SSSR count). The molecule has 1 heteroatoms. The van der Waals surface area contributed by atoms with E-state index in [1.165, 1.54) is 0 Å².